The first-order chi connectivity index (χ1) is 11.6. The first kappa shape index (κ1) is 18.4. The molecule has 0 atom stereocenters. The molecule has 3 amide bonds. The van der Waals surface area contributed by atoms with E-state index in [4.69, 9.17) is 4.74 Å². The Morgan fingerprint density at radius 2 is 1.71 bits per heavy atom. The summed E-state index contributed by atoms with van der Waals surface area (Å²) in [4.78, 5) is 28.5. The average molecular weight is 351 g/mol. The van der Waals surface area contributed by atoms with E-state index in [9.17, 15) is 9.59 Å². The number of benzene rings is 1. The summed E-state index contributed by atoms with van der Waals surface area (Å²) in [5.74, 6) is 1.09. The predicted octanol–water partition coefficient (Wildman–Crippen LogP) is 3.49. The van der Waals surface area contributed by atoms with Gasteiger partial charge in [0.1, 0.15) is 0 Å². The van der Waals surface area contributed by atoms with E-state index in [0.29, 0.717) is 32.8 Å². The highest BCUT2D eigenvalue weighted by Gasteiger charge is 2.24. The molecule has 1 aromatic carbocycles. The van der Waals surface area contributed by atoms with Crippen LogP contribution in [0.15, 0.2) is 29.2 Å². The Morgan fingerprint density at radius 1 is 1.08 bits per heavy atom. The zero-order valence-corrected chi connectivity index (χ0v) is 15.1. The van der Waals surface area contributed by atoms with Gasteiger partial charge in [-0.05, 0) is 43.4 Å². The third-order valence-electron chi connectivity index (χ3n) is 3.67. The van der Waals surface area contributed by atoms with Crippen molar-refractivity contribution >= 4 is 29.6 Å². The molecule has 1 fully saturated rings. The maximum atomic E-state index is 12.3. The minimum Gasteiger partial charge on any atom is -0.450 e. The number of rotatable bonds is 5. The number of anilines is 1. The Bertz CT molecular complexity index is 543. The molecule has 1 heterocycles. The second-order valence-corrected chi connectivity index (χ2v) is 6.64. The summed E-state index contributed by atoms with van der Waals surface area (Å²) in [6.45, 7) is 6.32. The van der Waals surface area contributed by atoms with E-state index in [-0.39, 0.29) is 12.1 Å². The fourth-order valence-electron chi connectivity index (χ4n) is 2.36. The standard InChI is InChI=1S/C17H25N3O3S/c1-3-13-24-15-7-5-14(6-8-15)18-16(21)19-9-11-20(12-10-19)17(22)23-4-2/h5-8H,3-4,9-13H2,1-2H3,(H,18,21). The Morgan fingerprint density at radius 3 is 2.29 bits per heavy atom. The van der Waals surface area contributed by atoms with Gasteiger partial charge in [-0.3, -0.25) is 0 Å². The summed E-state index contributed by atoms with van der Waals surface area (Å²) in [6.07, 6.45) is 0.832. The maximum Gasteiger partial charge on any atom is 0.409 e. The number of carbonyl (C=O) groups is 2. The Balaban J connectivity index is 1.80. The quantitative estimate of drug-likeness (QED) is 0.825. The zero-order valence-electron chi connectivity index (χ0n) is 14.3. The molecule has 1 N–H and O–H groups in total. The summed E-state index contributed by atoms with van der Waals surface area (Å²) in [5, 5.41) is 2.91. The van der Waals surface area contributed by atoms with Gasteiger partial charge in [-0.2, -0.15) is 0 Å². The summed E-state index contributed by atoms with van der Waals surface area (Å²) in [5.41, 5.74) is 0.786. The molecule has 6 nitrogen and oxygen atoms in total. The van der Waals surface area contributed by atoms with Crippen molar-refractivity contribution in [3.63, 3.8) is 0 Å². The van der Waals surface area contributed by atoms with Gasteiger partial charge in [0.25, 0.3) is 0 Å². The van der Waals surface area contributed by atoms with Gasteiger partial charge in [0, 0.05) is 36.8 Å². The molecule has 1 aromatic rings. The van der Waals surface area contributed by atoms with E-state index in [0.717, 1.165) is 17.9 Å². The monoisotopic (exact) mass is 351 g/mol. The number of ether oxygens (including phenoxy) is 1. The molecule has 0 unspecified atom stereocenters. The summed E-state index contributed by atoms with van der Waals surface area (Å²) in [6, 6.07) is 7.76. The molecule has 2 rings (SSSR count). The van der Waals surface area contributed by atoms with Gasteiger partial charge in [-0.1, -0.05) is 6.92 Å². The average Bonchev–Trinajstić information content (AvgIpc) is 2.61. The number of amides is 3. The zero-order chi connectivity index (χ0) is 17.4. The second kappa shape index (κ2) is 9.42. The third-order valence-corrected chi connectivity index (χ3v) is 4.89. The fraction of sp³-hybridized carbons (Fsp3) is 0.529. The molecule has 132 valence electrons. The van der Waals surface area contributed by atoms with E-state index in [1.165, 1.54) is 4.90 Å². The molecule has 0 spiro atoms. The van der Waals surface area contributed by atoms with Gasteiger partial charge in [0.2, 0.25) is 0 Å². The van der Waals surface area contributed by atoms with Gasteiger partial charge >= 0.3 is 12.1 Å². The number of hydrogen-bond acceptors (Lipinski definition) is 4. The van der Waals surface area contributed by atoms with Crippen molar-refractivity contribution in [2.24, 2.45) is 0 Å². The normalized spacial score (nSPS) is 14.4. The van der Waals surface area contributed by atoms with Crippen LogP contribution in [0.3, 0.4) is 0 Å². The molecule has 0 radical (unpaired) electrons. The van der Waals surface area contributed by atoms with E-state index in [2.05, 4.69) is 12.2 Å². The van der Waals surface area contributed by atoms with Gasteiger partial charge in [0.15, 0.2) is 0 Å². The lowest BCUT2D eigenvalue weighted by molar-refractivity contribution is 0.0868. The number of thioether (sulfide) groups is 1. The van der Waals surface area contributed by atoms with Crippen LogP contribution in [-0.4, -0.2) is 60.5 Å². The van der Waals surface area contributed by atoms with Crippen molar-refractivity contribution < 1.29 is 14.3 Å². The second-order valence-electron chi connectivity index (χ2n) is 5.48. The highest BCUT2D eigenvalue weighted by Crippen LogP contribution is 2.21. The first-order valence-electron chi connectivity index (χ1n) is 8.34. The Labute approximate surface area is 147 Å². The number of hydrogen-bond donors (Lipinski definition) is 1. The minimum absolute atomic E-state index is 0.132. The smallest absolute Gasteiger partial charge is 0.409 e. The van der Waals surface area contributed by atoms with Crippen LogP contribution in [0.4, 0.5) is 15.3 Å². The number of carbonyl (C=O) groups excluding carboxylic acids is 2. The largest absolute Gasteiger partial charge is 0.450 e. The summed E-state index contributed by atoms with van der Waals surface area (Å²) < 4.78 is 4.98. The van der Waals surface area contributed by atoms with Gasteiger partial charge in [-0.15, -0.1) is 11.8 Å². The number of nitrogens with one attached hydrogen (secondary N) is 1. The summed E-state index contributed by atoms with van der Waals surface area (Å²) in [7, 11) is 0. The Hall–Kier alpha value is -1.89. The van der Waals surface area contributed by atoms with E-state index in [1.807, 2.05) is 36.0 Å². The highest BCUT2D eigenvalue weighted by atomic mass is 32.2. The van der Waals surface area contributed by atoms with Crippen LogP contribution in [0.2, 0.25) is 0 Å². The lowest BCUT2D eigenvalue weighted by Gasteiger charge is -2.34. The molecular weight excluding hydrogens is 326 g/mol. The van der Waals surface area contributed by atoms with Gasteiger partial charge < -0.3 is 19.9 Å². The maximum absolute atomic E-state index is 12.3. The molecule has 1 aliphatic rings. The number of piperazine rings is 1. The van der Waals surface area contributed by atoms with Crippen LogP contribution >= 0.6 is 11.8 Å². The molecule has 0 bridgehead atoms. The fourth-order valence-corrected chi connectivity index (χ4v) is 3.13. The Kier molecular flexibility index (Phi) is 7.24. The van der Waals surface area contributed by atoms with E-state index >= 15 is 0 Å². The lowest BCUT2D eigenvalue weighted by atomic mass is 10.3. The van der Waals surface area contributed by atoms with Crippen molar-refractivity contribution in [3.8, 4) is 0 Å². The summed E-state index contributed by atoms with van der Waals surface area (Å²) >= 11 is 1.81. The van der Waals surface area contributed by atoms with E-state index in [1.54, 1.807) is 16.7 Å². The molecule has 7 heteroatoms. The highest BCUT2D eigenvalue weighted by molar-refractivity contribution is 7.99. The van der Waals surface area contributed by atoms with Crippen LogP contribution < -0.4 is 5.32 Å². The van der Waals surface area contributed by atoms with Crippen LogP contribution in [0.5, 0.6) is 0 Å². The van der Waals surface area contributed by atoms with Crippen molar-refractivity contribution in [1.29, 1.82) is 0 Å². The van der Waals surface area contributed by atoms with E-state index < -0.39 is 0 Å². The molecular formula is C17H25N3O3S. The molecule has 0 saturated carbocycles. The topological polar surface area (TPSA) is 61.9 Å². The molecule has 0 aliphatic carbocycles. The lowest BCUT2D eigenvalue weighted by Crippen LogP contribution is -2.51. The number of urea groups is 1. The van der Waals surface area contributed by atoms with Crippen LogP contribution in [-0.2, 0) is 4.74 Å². The van der Waals surface area contributed by atoms with Crippen molar-refractivity contribution in [2.75, 3.05) is 43.9 Å². The first-order valence-corrected chi connectivity index (χ1v) is 9.33. The van der Waals surface area contributed by atoms with Crippen LogP contribution in [0.25, 0.3) is 0 Å². The number of nitrogens with zero attached hydrogens (tertiary/aromatic N) is 2. The minimum atomic E-state index is -0.308. The predicted molar refractivity (Wildman–Crippen MR) is 96.6 cm³/mol. The molecule has 24 heavy (non-hydrogen) atoms. The SMILES string of the molecule is CCCSc1ccc(NC(=O)N2CCN(C(=O)OCC)CC2)cc1. The van der Waals surface area contributed by atoms with Gasteiger partial charge in [0.05, 0.1) is 6.61 Å². The van der Waals surface area contributed by atoms with Crippen molar-refractivity contribution in [3.05, 3.63) is 24.3 Å². The van der Waals surface area contributed by atoms with Crippen molar-refractivity contribution in [1.82, 2.24) is 9.80 Å². The molecule has 1 aliphatic heterocycles. The molecule has 0 aromatic heterocycles. The van der Waals surface area contributed by atoms with Crippen molar-refractivity contribution in [2.45, 2.75) is 25.2 Å². The van der Waals surface area contributed by atoms with Crippen LogP contribution in [0.1, 0.15) is 20.3 Å². The van der Waals surface area contributed by atoms with Gasteiger partial charge in [-0.25, -0.2) is 9.59 Å². The third kappa shape index (κ3) is 5.33. The molecule has 1 saturated heterocycles. The van der Waals surface area contributed by atoms with Crippen LogP contribution in [0, 0.1) is 0 Å².